The van der Waals surface area contributed by atoms with Gasteiger partial charge in [0.05, 0.1) is 11.6 Å². The highest BCUT2D eigenvalue weighted by Crippen LogP contribution is 2.41. The van der Waals surface area contributed by atoms with Crippen molar-refractivity contribution in [2.45, 2.75) is 18.8 Å². The summed E-state index contributed by atoms with van der Waals surface area (Å²) in [4.78, 5) is 0. The van der Waals surface area contributed by atoms with E-state index in [1.807, 2.05) is 12.1 Å². The molecule has 1 fully saturated rings. The number of halogens is 1. The minimum atomic E-state index is 0.207. The first-order valence-electron chi connectivity index (χ1n) is 5.50. The van der Waals surface area contributed by atoms with Gasteiger partial charge < -0.3 is 15.2 Å². The summed E-state index contributed by atoms with van der Waals surface area (Å²) >= 11 is 3.46. The van der Waals surface area contributed by atoms with E-state index in [1.165, 1.54) is 5.56 Å². The average Bonchev–Trinajstić information content (AvgIpc) is 2.34. The molecule has 1 aliphatic heterocycles. The van der Waals surface area contributed by atoms with Crippen molar-refractivity contribution in [1.29, 1.82) is 0 Å². The third-order valence-electron chi connectivity index (χ3n) is 3.11. The summed E-state index contributed by atoms with van der Waals surface area (Å²) in [5, 5.41) is 13.3. The molecule has 1 aromatic carbocycles. The van der Waals surface area contributed by atoms with Gasteiger partial charge in [-0.1, -0.05) is 6.07 Å². The maximum atomic E-state index is 9.92. The summed E-state index contributed by atoms with van der Waals surface area (Å²) in [5.74, 6) is 1.25. The summed E-state index contributed by atoms with van der Waals surface area (Å²) in [6, 6.07) is 3.87. The van der Waals surface area contributed by atoms with Crippen molar-refractivity contribution < 1.29 is 9.84 Å². The van der Waals surface area contributed by atoms with Crippen LogP contribution in [0.2, 0.25) is 0 Å². The van der Waals surface area contributed by atoms with Gasteiger partial charge in [-0.25, -0.2) is 0 Å². The Morgan fingerprint density at radius 3 is 2.69 bits per heavy atom. The second kappa shape index (κ2) is 5.06. The van der Waals surface area contributed by atoms with Crippen molar-refractivity contribution in [3.8, 4) is 11.5 Å². The second-order valence-corrected chi connectivity index (χ2v) is 4.84. The highest BCUT2D eigenvalue weighted by atomic mass is 79.9. The molecule has 0 bridgehead atoms. The van der Waals surface area contributed by atoms with Crippen molar-refractivity contribution >= 4 is 15.9 Å². The number of nitrogens with one attached hydrogen (secondary N) is 1. The maximum absolute atomic E-state index is 9.92. The second-order valence-electron chi connectivity index (χ2n) is 4.04. The summed E-state index contributed by atoms with van der Waals surface area (Å²) in [5.41, 5.74) is 1.18. The van der Waals surface area contributed by atoms with Gasteiger partial charge in [0.1, 0.15) is 0 Å². The predicted octanol–water partition coefficient (Wildman–Crippen LogP) is 2.63. The number of piperidine rings is 1. The van der Waals surface area contributed by atoms with Crippen LogP contribution in [0.5, 0.6) is 11.5 Å². The van der Waals surface area contributed by atoms with Gasteiger partial charge in [-0.05, 0) is 59.4 Å². The molecule has 0 radical (unpaired) electrons. The molecule has 16 heavy (non-hydrogen) atoms. The van der Waals surface area contributed by atoms with E-state index < -0.39 is 0 Å². The van der Waals surface area contributed by atoms with Crippen molar-refractivity contribution in [1.82, 2.24) is 5.32 Å². The zero-order valence-corrected chi connectivity index (χ0v) is 10.9. The molecule has 0 aromatic heterocycles. The van der Waals surface area contributed by atoms with Crippen LogP contribution in [0.4, 0.5) is 0 Å². The van der Waals surface area contributed by atoms with Crippen molar-refractivity contribution in [3.63, 3.8) is 0 Å². The SMILES string of the molecule is COc1ccc(C2CCNCC2)c(Br)c1O. The number of hydrogen-bond acceptors (Lipinski definition) is 3. The topological polar surface area (TPSA) is 41.5 Å². The molecule has 0 amide bonds. The number of aromatic hydroxyl groups is 1. The smallest absolute Gasteiger partial charge is 0.172 e. The monoisotopic (exact) mass is 285 g/mol. The van der Waals surface area contributed by atoms with Gasteiger partial charge in [0.25, 0.3) is 0 Å². The fraction of sp³-hybridized carbons (Fsp3) is 0.500. The Morgan fingerprint density at radius 1 is 1.38 bits per heavy atom. The predicted molar refractivity (Wildman–Crippen MR) is 67.2 cm³/mol. The summed E-state index contributed by atoms with van der Waals surface area (Å²) in [7, 11) is 1.56. The lowest BCUT2D eigenvalue weighted by Crippen LogP contribution is -2.26. The lowest BCUT2D eigenvalue weighted by Gasteiger charge is -2.24. The Kier molecular flexibility index (Phi) is 3.71. The quantitative estimate of drug-likeness (QED) is 0.878. The van der Waals surface area contributed by atoms with Gasteiger partial charge in [0.15, 0.2) is 11.5 Å². The first-order valence-corrected chi connectivity index (χ1v) is 6.29. The van der Waals surface area contributed by atoms with Crippen LogP contribution in [0.25, 0.3) is 0 Å². The normalized spacial score (nSPS) is 17.4. The first-order chi connectivity index (χ1) is 7.74. The lowest BCUT2D eigenvalue weighted by molar-refractivity contribution is 0.370. The number of methoxy groups -OCH3 is 1. The van der Waals surface area contributed by atoms with E-state index in [4.69, 9.17) is 4.74 Å². The van der Waals surface area contributed by atoms with Crippen LogP contribution >= 0.6 is 15.9 Å². The first kappa shape index (κ1) is 11.7. The third-order valence-corrected chi connectivity index (χ3v) is 3.94. The molecule has 1 aliphatic rings. The van der Waals surface area contributed by atoms with Crippen LogP contribution in [-0.4, -0.2) is 25.3 Å². The van der Waals surface area contributed by atoms with E-state index in [0.717, 1.165) is 30.4 Å². The number of benzene rings is 1. The summed E-state index contributed by atoms with van der Waals surface area (Å²) in [6.07, 6.45) is 2.23. The molecule has 0 saturated carbocycles. The highest BCUT2D eigenvalue weighted by molar-refractivity contribution is 9.10. The summed E-state index contributed by atoms with van der Waals surface area (Å²) in [6.45, 7) is 2.09. The fourth-order valence-electron chi connectivity index (χ4n) is 2.18. The number of phenolic OH excluding ortho intramolecular Hbond substituents is 1. The minimum absolute atomic E-state index is 0.207. The van der Waals surface area contributed by atoms with E-state index in [2.05, 4.69) is 21.2 Å². The Hall–Kier alpha value is -0.740. The number of ether oxygens (including phenoxy) is 1. The molecule has 2 N–H and O–H groups in total. The molecule has 0 aliphatic carbocycles. The molecule has 3 nitrogen and oxygen atoms in total. The van der Waals surface area contributed by atoms with Gasteiger partial charge in [-0.3, -0.25) is 0 Å². The number of phenols is 1. The van der Waals surface area contributed by atoms with Crippen LogP contribution in [0, 0.1) is 0 Å². The Bertz CT molecular complexity index is 376. The molecular formula is C12H16BrNO2. The van der Waals surface area contributed by atoms with Crippen LogP contribution in [0.3, 0.4) is 0 Å². The zero-order chi connectivity index (χ0) is 11.5. The lowest BCUT2D eigenvalue weighted by atomic mass is 9.90. The van der Waals surface area contributed by atoms with E-state index in [1.54, 1.807) is 7.11 Å². The Balaban J connectivity index is 2.30. The van der Waals surface area contributed by atoms with E-state index in [0.29, 0.717) is 11.7 Å². The van der Waals surface area contributed by atoms with Gasteiger partial charge in [-0.15, -0.1) is 0 Å². The molecule has 0 unspecified atom stereocenters. The Morgan fingerprint density at radius 2 is 2.06 bits per heavy atom. The van der Waals surface area contributed by atoms with Crippen molar-refractivity contribution in [2.24, 2.45) is 0 Å². The molecule has 1 aromatic rings. The van der Waals surface area contributed by atoms with Crippen molar-refractivity contribution in [3.05, 3.63) is 22.2 Å². The van der Waals surface area contributed by atoms with Crippen LogP contribution in [0.15, 0.2) is 16.6 Å². The maximum Gasteiger partial charge on any atom is 0.172 e. The van der Waals surface area contributed by atoms with E-state index >= 15 is 0 Å². The zero-order valence-electron chi connectivity index (χ0n) is 9.29. The standard InChI is InChI=1S/C12H16BrNO2/c1-16-10-3-2-9(11(13)12(10)15)8-4-6-14-7-5-8/h2-3,8,14-15H,4-7H2,1H3. The van der Waals surface area contributed by atoms with Crippen molar-refractivity contribution in [2.75, 3.05) is 20.2 Å². The molecule has 2 rings (SSSR count). The third kappa shape index (κ3) is 2.18. The van der Waals surface area contributed by atoms with Gasteiger partial charge >= 0.3 is 0 Å². The molecule has 1 saturated heterocycles. The van der Waals surface area contributed by atoms with Gasteiger partial charge in [0.2, 0.25) is 0 Å². The molecule has 4 heteroatoms. The summed E-state index contributed by atoms with van der Waals surface area (Å²) < 4.78 is 5.85. The van der Waals surface area contributed by atoms with Crippen LogP contribution < -0.4 is 10.1 Å². The fourth-order valence-corrected chi connectivity index (χ4v) is 2.83. The Labute approximate surface area is 104 Å². The molecule has 0 spiro atoms. The van der Waals surface area contributed by atoms with Crippen LogP contribution in [-0.2, 0) is 0 Å². The van der Waals surface area contributed by atoms with E-state index in [9.17, 15) is 5.11 Å². The van der Waals surface area contributed by atoms with E-state index in [-0.39, 0.29) is 5.75 Å². The minimum Gasteiger partial charge on any atom is -0.503 e. The largest absolute Gasteiger partial charge is 0.503 e. The molecular weight excluding hydrogens is 270 g/mol. The molecule has 88 valence electrons. The van der Waals surface area contributed by atoms with Gasteiger partial charge in [0, 0.05) is 0 Å². The number of rotatable bonds is 2. The molecule has 0 atom stereocenters. The van der Waals surface area contributed by atoms with Gasteiger partial charge in [-0.2, -0.15) is 0 Å². The average molecular weight is 286 g/mol. The number of hydrogen-bond donors (Lipinski definition) is 2. The molecule has 1 heterocycles. The highest BCUT2D eigenvalue weighted by Gasteiger charge is 2.20. The van der Waals surface area contributed by atoms with Crippen LogP contribution in [0.1, 0.15) is 24.3 Å².